The van der Waals surface area contributed by atoms with Gasteiger partial charge in [0.2, 0.25) is 0 Å². The van der Waals surface area contributed by atoms with Crippen LogP contribution in [0, 0.1) is 5.92 Å². The van der Waals surface area contributed by atoms with Gasteiger partial charge in [0.05, 0.1) is 13.0 Å². The van der Waals surface area contributed by atoms with E-state index in [-0.39, 0.29) is 0 Å². The summed E-state index contributed by atoms with van der Waals surface area (Å²) in [7, 11) is 0. The zero-order valence-corrected chi connectivity index (χ0v) is 9.60. The second kappa shape index (κ2) is 5.31. The number of nitrogens with zero attached hydrogens (tertiary/aromatic N) is 3. The van der Waals surface area contributed by atoms with Crippen LogP contribution in [0.3, 0.4) is 0 Å². The van der Waals surface area contributed by atoms with Crippen LogP contribution in [0.15, 0.2) is 18.7 Å². The van der Waals surface area contributed by atoms with Gasteiger partial charge in [0.1, 0.15) is 0 Å². The van der Waals surface area contributed by atoms with E-state index >= 15 is 0 Å². The fourth-order valence-corrected chi connectivity index (χ4v) is 2.43. The van der Waals surface area contributed by atoms with E-state index in [1.807, 2.05) is 18.7 Å². The van der Waals surface area contributed by atoms with E-state index in [0.29, 0.717) is 0 Å². The first kappa shape index (κ1) is 10.7. The lowest BCUT2D eigenvalue weighted by Crippen LogP contribution is -2.34. The molecule has 0 radical (unpaired) electrons. The van der Waals surface area contributed by atoms with Crippen LogP contribution in [0.5, 0.6) is 0 Å². The van der Waals surface area contributed by atoms with Crippen LogP contribution in [0.25, 0.3) is 0 Å². The van der Waals surface area contributed by atoms with E-state index in [0.717, 1.165) is 12.6 Å². The van der Waals surface area contributed by atoms with Crippen molar-refractivity contribution in [3.05, 3.63) is 18.7 Å². The predicted octanol–water partition coefficient (Wildman–Crippen LogP) is 2.35. The van der Waals surface area contributed by atoms with E-state index in [1.54, 1.807) is 0 Å². The Bertz CT molecular complexity index is 260. The lowest BCUT2D eigenvalue weighted by Gasteiger charge is -2.31. The van der Waals surface area contributed by atoms with Crippen molar-refractivity contribution < 1.29 is 0 Å². The summed E-state index contributed by atoms with van der Waals surface area (Å²) in [4.78, 5) is 6.59. The third kappa shape index (κ3) is 3.06. The van der Waals surface area contributed by atoms with Crippen molar-refractivity contribution in [1.82, 2.24) is 14.5 Å². The normalized spacial score (nSPS) is 19.5. The standard InChI is InChI=1S/C12H21N3/c1-2-3-12-4-7-14(8-5-12)11-15-9-6-13-10-15/h6,9-10,12H,2-5,7-8,11H2,1H3. The van der Waals surface area contributed by atoms with E-state index in [1.165, 1.54) is 38.8 Å². The van der Waals surface area contributed by atoms with Gasteiger partial charge in [-0.25, -0.2) is 4.98 Å². The van der Waals surface area contributed by atoms with Crippen molar-refractivity contribution in [2.24, 2.45) is 5.92 Å². The van der Waals surface area contributed by atoms with Gasteiger partial charge in [-0.05, 0) is 18.8 Å². The Morgan fingerprint density at radius 1 is 1.33 bits per heavy atom. The Balaban J connectivity index is 1.74. The molecule has 0 atom stereocenters. The van der Waals surface area contributed by atoms with E-state index < -0.39 is 0 Å². The smallest absolute Gasteiger partial charge is 0.0956 e. The Kier molecular flexibility index (Phi) is 3.78. The number of hydrogen-bond donors (Lipinski definition) is 0. The van der Waals surface area contributed by atoms with Crippen LogP contribution in [0.4, 0.5) is 0 Å². The maximum atomic E-state index is 4.07. The zero-order chi connectivity index (χ0) is 10.5. The molecule has 0 spiro atoms. The molecular weight excluding hydrogens is 186 g/mol. The summed E-state index contributed by atoms with van der Waals surface area (Å²) in [5.41, 5.74) is 0. The Morgan fingerprint density at radius 2 is 2.13 bits per heavy atom. The van der Waals surface area contributed by atoms with Crippen LogP contribution >= 0.6 is 0 Å². The second-order valence-corrected chi connectivity index (χ2v) is 4.57. The average molecular weight is 207 g/mol. The third-order valence-electron chi connectivity index (χ3n) is 3.33. The highest BCUT2D eigenvalue weighted by Gasteiger charge is 2.17. The fourth-order valence-electron chi connectivity index (χ4n) is 2.43. The first-order chi connectivity index (χ1) is 7.38. The number of rotatable bonds is 4. The molecule has 84 valence electrons. The molecule has 3 heteroatoms. The minimum absolute atomic E-state index is 0.981. The summed E-state index contributed by atoms with van der Waals surface area (Å²) in [5, 5.41) is 0. The minimum Gasteiger partial charge on any atom is -0.324 e. The molecule has 15 heavy (non-hydrogen) atoms. The summed E-state index contributed by atoms with van der Waals surface area (Å²) in [6.07, 6.45) is 11.3. The summed E-state index contributed by atoms with van der Waals surface area (Å²) in [6, 6.07) is 0. The molecule has 1 saturated heterocycles. The van der Waals surface area contributed by atoms with E-state index in [2.05, 4.69) is 21.4 Å². The maximum absolute atomic E-state index is 4.07. The number of aromatic nitrogens is 2. The fraction of sp³-hybridized carbons (Fsp3) is 0.750. The molecule has 0 saturated carbocycles. The number of likely N-dealkylation sites (tertiary alicyclic amines) is 1. The van der Waals surface area contributed by atoms with Gasteiger partial charge in [0, 0.05) is 25.5 Å². The van der Waals surface area contributed by atoms with E-state index in [4.69, 9.17) is 0 Å². The van der Waals surface area contributed by atoms with Gasteiger partial charge in [0.15, 0.2) is 0 Å². The molecule has 1 aromatic heterocycles. The van der Waals surface area contributed by atoms with Gasteiger partial charge < -0.3 is 4.57 Å². The molecule has 1 fully saturated rings. The number of imidazole rings is 1. The molecule has 0 amide bonds. The van der Waals surface area contributed by atoms with Crippen LogP contribution in [0.2, 0.25) is 0 Å². The first-order valence-electron chi connectivity index (χ1n) is 6.06. The highest BCUT2D eigenvalue weighted by atomic mass is 15.3. The predicted molar refractivity (Wildman–Crippen MR) is 61.4 cm³/mol. The highest BCUT2D eigenvalue weighted by Crippen LogP contribution is 2.21. The molecule has 1 aliphatic rings. The molecule has 1 aliphatic heterocycles. The Hall–Kier alpha value is -0.830. The van der Waals surface area contributed by atoms with Crippen molar-refractivity contribution in [3.63, 3.8) is 0 Å². The lowest BCUT2D eigenvalue weighted by atomic mass is 9.93. The second-order valence-electron chi connectivity index (χ2n) is 4.57. The van der Waals surface area contributed by atoms with Crippen LogP contribution in [-0.4, -0.2) is 27.5 Å². The Labute approximate surface area is 92.1 Å². The average Bonchev–Trinajstić information content (AvgIpc) is 2.74. The van der Waals surface area contributed by atoms with Crippen molar-refractivity contribution in [3.8, 4) is 0 Å². The summed E-state index contributed by atoms with van der Waals surface area (Å²) >= 11 is 0. The van der Waals surface area contributed by atoms with Crippen molar-refractivity contribution in [1.29, 1.82) is 0 Å². The van der Waals surface area contributed by atoms with Crippen molar-refractivity contribution in [2.45, 2.75) is 39.3 Å². The topological polar surface area (TPSA) is 21.1 Å². The van der Waals surface area contributed by atoms with Crippen LogP contribution in [0.1, 0.15) is 32.6 Å². The van der Waals surface area contributed by atoms with Gasteiger partial charge in [0.25, 0.3) is 0 Å². The Morgan fingerprint density at radius 3 is 2.73 bits per heavy atom. The molecule has 0 aromatic carbocycles. The minimum atomic E-state index is 0.981. The molecule has 2 rings (SSSR count). The van der Waals surface area contributed by atoms with Gasteiger partial charge in [-0.3, -0.25) is 4.90 Å². The molecule has 3 nitrogen and oxygen atoms in total. The van der Waals surface area contributed by atoms with Crippen molar-refractivity contribution in [2.75, 3.05) is 13.1 Å². The largest absolute Gasteiger partial charge is 0.324 e. The van der Waals surface area contributed by atoms with Gasteiger partial charge >= 0.3 is 0 Å². The highest BCUT2D eigenvalue weighted by molar-refractivity contribution is 4.76. The maximum Gasteiger partial charge on any atom is 0.0956 e. The summed E-state index contributed by atoms with van der Waals surface area (Å²) in [5.74, 6) is 0.981. The number of piperidine rings is 1. The van der Waals surface area contributed by atoms with Crippen LogP contribution < -0.4 is 0 Å². The van der Waals surface area contributed by atoms with E-state index in [9.17, 15) is 0 Å². The SMILES string of the molecule is CCCC1CCN(Cn2ccnc2)CC1. The molecular formula is C12H21N3. The molecule has 2 heterocycles. The lowest BCUT2D eigenvalue weighted by molar-refractivity contribution is 0.143. The summed E-state index contributed by atoms with van der Waals surface area (Å²) in [6.45, 7) is 5.81. The van der Waals surface area contributed by atoms with Gasteiger partial charge in [-0.2, -0.15) is 0 Å². The van der Waals surface area contributed by atoms with Gasteiger partial charge in [-0.15, -0.1) is 0 Å². The molecule has 0 N–H and O–H groups in total. The number of hydrogen-bond acceptors (Lipinski definition) is 2. The zero-order valence-electron chi connectivity index (χ0n) is 9.60. The molecule has 0 unspecified atom stereocenters. The molecule has 1 aromatic rings. The molecule has 0 aliphatic carbocycles. The van der Waals surface area contributed by atoms with Gasteiger partial charge in [-0.1, -0.05) is 19.8 Å². The molecule has 0 bridgehead atoms. The monoisotopic (exact) mass is 207 g/mol. The first-order valence-corrected chi connectivity index (χ1v) is 6.06. The van der Waals surface area contributed by atoms with Crippen molar-refractivity contribution >= 4 is 0 Å². The van der Waals surface area contributed by atoms with Crippen LogP contribution in [-0.2, 0) is 6.67 Å². The summed E-state index contributed by atoms with van der Waals surface area (Å²) < 4.78 is 2.15. The third-order valence-corrected chi connectivity index (χ3v) is 3.33. The quantitative estimate of drug-likeness (QED) is 0.755.